The van der Waals surface area contributed by atoms with Crippen LogP contribution in [0.3, 0.4) is 0 Å². The highest BCUT2D eigenvalue weighted by molar-refractivity contribution is 5.75. The smallest absolute Gasteiger partial charge is 0.109 e. The predicted octanol–water partition coefficient (Wildman–Crippen LogP) is 2.62. The number of para-hydroxylation sites is 2. The number of nitriles is 1. The number of aromatic nitrogens is 2. The molecule has 0 aliphatic heterocycles. The molecule has 0 amide bonds. The summed E-state index contributed by atoms with van der Waals surface area (Å²) in [6.45, 7) is 4.75. The lowest BCUT2D eigenvalue weighted by Crippen LogP contribution is -2.34. The SMILES string of the molecule is CCc1nc2ccccc2n1CCCC(C)(N)C#N. The summed E-state index contributed by atoms with van der Waals surface area (Å²) in [6.07, 6.45) is 2.49. The molecule has 1 unspecified atom stereocenters. The first-order chi connectivity index (χ1) is 9.07. The van der Waals surface area contributed by atoms with E-state index in [-0.39, 0.29) is 0 Å². The van der Waals surface area contributed by atoms with Crippen molar-refractivity contribution >= 4 is 11.0 Å². The molecule has 2 rings (SSSR count). The molecule has 100 valence electrons. The van der Waals surface area contributed by atoms with Crippen LogP contribution in [0.5, 0.6) is 0 Å². The van der Waals surface area contributed by atoms with Crippen molar-refractivity contribution < 1.29 is 0 Å². The van der Waals surface area contributed by atoms with Crippen LogP contribution in [0.15, 0.2) is 24.3 Å². The number of fused-ring (bicyclic) bond motifs is 1. The van der Waals surface area contributed by atoms with Gasteiger partial charge in [-0.15, -0.1) is 0 Å². The van der Waals surface area contributed by atoms with Crippen molar-refractivity contribution in [2.75, 3.05) is 0 Å². The molecule has 1 aromatic heterocycles. The molecule has 4 nitrogen and oxygen atoms in total. The van der Waals surface area contributed by atoms with Gasteiger partial charge in [-0.3, -0.25) is 0 Å². The Labute approximate surface area is 113 Å². The van der Waals surface area contributed by atoms with Crippen LogP contribution < -0.4 is 5.73 Å². The Bertz CT molecular complexity index is 604. The summed E-state index contributed by atoms with van der Waals surface area (Å²) in [6, 6.07) is 10.3. The van der Waals surface area contributed by atoms with Crippen molar-refractivity contribution in [2.24, 2.45) is 5.73 Å². The van der Waals surface area contributed by atoms with Crippen LogP contribution >= 0.6 is 0 Å². The molecule has 2 N–H and O–H groups in total. The second-order valence-corrected chi connectivity index (χ2v) is 5.15. The Hall–Kier alpha value is -1.86. The maximum atomic E-state index is 8.93. The summed E-state index contributed by atoms with van der Waals surface area (Å²) in [5, 5.41) is 8.93. The van der Waals surface area contributed by atoms with Gasteiger partial charge in [-0.05, 0) is 31.9 Å². The molecule has 0 bridgehead atoms. The van der Waals surface area contributed by atoms with E-state index in [2.05, 4.69) is 28.6 Å². The second-order valence-electron chi connectivity index (χ2n) is 5.15. The lowest BCUT2D eigenvalue weighted by atomic mass is 9.99. The molecule has 0 saturated carbocycles. The summed E-state index contributed by atoms with van der Waals surface area (Å²) in [7, 11) is 0. The number of hydrogen-bond donors (Lipinski definition) is 1. The highest BCUT2D eigenvalue weighted by Crippen LogP contribution is 2.18. The van der Waals surface area contributed by atoms with E-state index in [9.17, 15) is 0 Å². The van der Waals surface area contributed by atoms with Gasteiger partial charge >= 0.3 is 0 Å². The summed E-state index contributed by atoms with van der Waals surface area (Å²) >= 11 is 0. The van der Waals surface area contributed by atoms with Crippen LogP contribution in [0, 0.1) is 11.3 Å². The summed E-state index contributed by atoms with van der Waals surface area (Å²) in [5.74, 6) is 1.09. The molecule has 0 saturated heterocycles. The molecule has 1 aromatic carbocycles. The largest absolute Gasteiger partial charge is 0.328 e. The van der Waals surface area contributed by atoms with Gasteiger partial charge in [0.1, 0.15) is 11.4 Å². The standard InChI is InChI=1S/C15H20N4/c1-3-14-18-12-7-4-5-8-13(12)19(14)10-6-9-15(2,17)11-16/h4-5,7-8H,3,6,9-10,17H2,1-2H3. The van der Waals surface area contributed by atoms with Crippen molar-refractivity contribution in [3.8, 4) is 6.07 Å². The number of nitrogens with two attached hydrogens (primary N) is 1. The minimum atomic E-state index is -0.733. The van der Waals surface area contributed by atoms with E-state index < -0.39 is 5.54 Å². The van der Waals surface area contributed by atoms with Gasteiger partial charge in [0.2, 0.25) is 0 Å². The first kappa shape index (κ1) is 13.6. The third kappa shape index (κ3) is 2.94. The van der Waals surface area contributed by atoms with Gasteiger partial charge in [0, 0.05) is 13.0 Å². The van der Waals surface area contributed by atoms with E-state index >= 15 is 0 Å². The molecule has 0 radical (unpaired) electrons. The van der Waals surface area contributed by atoms with Crippen molar-refractivity contribution in [1.29, 1.82) is 5.26 Å². The van der Waals surface area contributed by atoms with Crippen molar-refractivity contribution in [2.45, 2.75) is 45.2 Å². The molecule has 1 atom stereocenters. The van der Waals surface area contributed by atoms with Gasteiger partial charge in [0.15, 0.2) is 0 Å². The normalized spacial score (nSPS) is 14.2. The molecule has 1 heterocycles. The predicted molar refractivity (Wildman–Crippen MR) is 76.6 cm³/mol. The maximum Gasteiger partial charge on any atom is 0.109 e. The van der Waals surface area contributed by atoms with Gasteiger partial charge < -0.3 is 10.3 Å². The van der Waals surface area contributed by atoms with Crippen LogP contribution in [-0.4, -0.2) is 15.1 Å². The molecular weight excluding hydrogens is 236 g/mol. The van der Waals surface area contributed by atoms with Crippen LogP contribution in [0.1, 0.15) is 32.5 Å². The molecule has 0 fully saturated rings. The average Bonchev–Trinajstić information content (AvgIpc) is 2.77. The fourth-order valence-corrected chi connectivity index (χ4v) is 2.31. The molecule has 0 aliphatic carbocycles. The number of aryl methyl sites for hydroxylation is 2. The Morgan fingerprint density at radius 1 is 1.42 bits per heavy atom. The molecule has 0 aliphatic rings. The first-order valence-corrected chi connectivity index (χ1v) is 6.71. The summed E-state index contributed by atoms with van der Waals surface area (Å²) < 4.78 is 2.24. The quantitative estimate of drug-likeness (QED) is 0.894. The fraction of sp³-hybridized carbons (Fsp3) is 0.467. The van der Waals surface area contributed by atoms with Gasteiger partial charge in [-0.25, -0.2) is 4.98 Å². The lowest BCUT2D eigenvalue weighted by Gasteiger charge is -2.15. The minimum absolute atomic E-state index is 0.694. The molecule has 4 heteroatoms. The van der Waals surface area contributed by atoms with Crippen LogP contribution in [0.2, 0.25) is 0 Å². The minimum Gasteiger partial charge on any atom is -0.328 e. The zero-order valence-corrected chi connectivity index (χ0v) is 11.6. The Kier molecular flexibility index (Phi) is 3.87. The number of imidazole rings is 1. The van der Waals surface area contributed by atoms with Gasteiger partial charge in [0.05, 0.1) is 17.1 Å². The first-order valence-electron chi connectivity index (χ1n) is 6.71. The Balaban J connectivity index is 2.18. The Morgan fingerprint density at radius 3 is 2.84 bits per heavy atom. The zero-order chi connectivity index (χ0) is 13.9. The van der Waals surface area contributed by atoms with Crippen molar-refractivity contribution in [1.82, 2.24) is 9.55 Å². The Morgan fingerprint density at radius 2 is 2.16 bits per heavy atom. The van der Waals surface area contributed by atoms with E-state index in [1.54, 1.807) is 6.92 Å². The highest BCUT2D eigenvalue weighted by atomic mass is 15.1. The van der Waals surface area contributed by atoms with E-state index in [4.69, 9.17) is 11.0 Å². The zero-order valence-electron chi connectivity index (χ0n) is 11.6. The van der Waals surface area contributed by atoms with Crippen LogP contribution in [0.25, 0.3) is 11.0 Å². The number of hydrogen-bond acceptors (Lipinski definition) is 3. The highest BCUT2D eigenvalue weighted by Gasteiger charge is 2.17. The molecular formula is C15H20N4. The van der Waals surface area contributed by atoms with Crippen molar-refractivity contribution in [3.63, 3.8) is 0 Å². The van der Waals surface area contributed by atoms with E-state index in [1.165, 1.54) is 0 Å². The fourth-order valence-electron chi connectivity index (χ4n) is 2.31. The maximum absolute atomic E-state index is 8.93. The molecule has 19 heavy (non-hydrogen) atoms. The average molecular weight is 256 g/mol. The third-order valence-electron chi connectivity index (χ3n) is 3.38. The monoisotopic (exact) mass is 256 g/mol. The number of rotatable bonds is 5. The van der Waals surface area contributed by atoms with Crippen LogP contribution in [-0.2, 0) is 13.0 Å². The van der Waals surface area contributed by atoms with Gasteiger partial charge in [0.25, 0.3) is 0 Å². The second kappa shape index (κ2) is 5.41. The number of benzene rings is 1. The number of nitrogens with zero attached hydrogens (tertiary/aromatic N) is 3. The van der Waals surface area contributed by atoms with Gasteiger partial charge in [-0.1, -0.05) is 19.1 Å². The van der Waals surface area contributed by atoms with Crippen LogP contribution in [0.4, 0.5) is 0 Å². The third-order valence-corrected chi connectivity index (χ3v) is 3.38. The molecule has 0 spiro atoms. The topological polar surface area (TPSA) is 67.6 Å². The van der Waals surface area contributed by atoms with E-state index in [1.807, 2.05) is 18.2 Å². The molecule has 2 aromatic rings. The van der Waals surface area contributed by atoms with Crippen molar-refractivity contribution in [3.05, 3.63) is 30.1 Å². The lowest BCUT2D eigenvalue weighted by molar-refractivity contribution is 0.487. The summed E-state index contributed by atoms with van der Waals surface area (Å²) in [5.41, 5.74) is 7.32. The summed E-state index contributed by atoms with van der Waals surface area (Å²) in [4.78, 5) is 4.63. The van der Waals surface area contributed by atoms with Gasteiger partial charge in [-0.2, -0.15) is 5.26 Å². The van der Waals surface area contributed by atoms with E-state index in [0.717, 1.165) is 36.2 Å². The van der Waals surface area contributed by atoms with E-state index in [0.29, 0.717) is 6.42 Å².